The van der Waals surface area contributed by atoms with Gasteiger partial charge in [-0.05, 0) is 12.3 Å². The molecule has 0 aliphatic rings. The summed E-state index contributed by atoms with van der Waals surface area (Å²) in [5, 5.41) is 10.9. The first kappa shape index (κ1) is 14.6. The van der Waals surface area contributed by atoms with Gasteiger partial charge in [0.15, 0.2) is 0 Å². The second-order valence-electron chi connectivity index (χ2n) is 5.25. The maximum absolute atomic E-state index is 11.0. The van der Waals surface area contributed by atoms with Gasteiger partial charge in [0.05, 0.1) is 4.92 Å². The number of anilines is 1. The Bertz CT molecular complexity index is 459. The number of nitrogens with zero attached hydrogens (tertiary/aromatic N) is 4. The molecule has 100 valence electrons. The van der Waals surface area contributed by atoms with E-state index in [1.165, 1.54) is 6.33 Å². The highest BCUT2D eigenvalue weighted by molar-refractivity contribution is 6.31. The van der Waals surface area contributed by atoms with Crippen LogP contribution < -0.4 is 4.90 Å². The summed E-state index contributed by atoms with van der Waals surface area (Å²) in [5.74, 6) is 0.238. The van der Waals surface area contributed by atoms with Crippen LogP contribution >= 0.6 is 11.6 Å². The van der Waals surface area contributed by atoms with Crippen molar-refractivity contribution in [2.45, 2.75) is 33.7 Å². The lowest BCUT2D eigenvalue weighted by molar-refractivity contribution is -0.384. The van der Waals surface area contributed by atoms with E-state index in [4.69, 9.17) is 11.6 Å². The number of nitro groups is 1. The lowest BCUT2D eigenvalue weighted by atomic mass is 9.87. The summed E-state index contributed by atoms with van der Waals surface area (Å²) >= 11 is 5.77. The van der Waals surface area contributed by atoms with Crippen LogP contribution in [0.3, 0.4) is 0 Å². The van der Waals surface area contributed by atoms with Gasteiger partial charge in [-0.3, -0.25) is 10.1 Å². The van der Waals surface area contributed by atoms with Gasteiger partial charge in [-0.1, -0.05) is 32.4 Å². The number of rotatable bonds is 3. The lowest BCUT2D eigenvalue weighted by Gasteiger charge is -2.35. The van der Waals surface area contributed by atoms with Crippen LogP contribution in [0.15, 0.2) is 6.33 Å². The first-order valence-electron chi connectivity index (χ1n) is 5.54. The third-order valence-electron chi connectivity index (χ3n) is 3.11. The Balaban J connectivity index is 3.26. The van der Waals surface area contributed by atoms with E-state index in [1.807, 2.05) is 6.92 Å². The molecular weight excluding hydrogens is 256 g/mol. The van der Waals surface area contributed by atoms with E-state index in [2.05, 4.69) is 30.7 Å². The molecule has 1 unspecified atom stereocenters. The zero-order valence-electron chi connectivity index (χ0n) is 11.1. The van der Waals surface area contributed by atoms with E-state index < -0.39 is 4.92 Å². The minimum atomic E-state index is -0.552. The number of hydrogen-bond acceptors (Lipinski definition) is 5. The van der Waals surface area contributed by atoms with Crippen LogP contribution in [0.2, 0.25) is 5.15 Å². The summed E-state index contributed by atoms with van der Waals surface area (Å²) in [7, 11) is 1.77. The molecule has 0 bridgehead atoms. The molecule has 0 spiro atoms. The Morgan fingerprint density at radius 2 is 2.00 bits per heavy atom. The maximum Gasteiger partial charge on any atom is 0.348 e. The molecule has 0 fully saturated rings. The van der Waals surface area contributed by atoms with Crippen molar-refractivity contribution >= 4 is 23.1 Å². The fourth-order valence-electron chi connectivity index (χ4n) is 1.53. The Kier molecular flexibility index (Phi) is 4.11. The van der Waals surface area contributed by atoms with Crippen LogP contribution in [-0.2, 0) is 0 Å². The molecule has 1 atom stereocenters. The number of aromatic nitrogens is 2. The molecule has 0 aliphatic carbocycles. The maximum atomic E-state index is 11.0. The Hall–Kier alpha value is -1.43. The molecule has 6 nitrogen and oxygen atoms in total. The largest absolute Gasteiger partial charge is 0.351 e. The van der Waals surface area contributed by atoms with E-state index in [0.717, 1.165) is 0 Å². The number of halogens is 1. The predicted octanol–water partition coefficient (Wildman–Crippen LogP) is 2.91. The summed E-state index contributed by atoms with van der Waals surface area (Å²) in [4.78, 5) is 19.9. The van der Waals surface area contributed by atoms with Gasteiger partial charge in [0.25, 0.3) is 0 Å². The van der Waals surface area contributed by atoms with Gasteiger partial charge in [-0.15, -0.1) is 0 Å². The fraction of sp³-hybridized carbons (Fsp3) is 0.636. The summed E-state index contributed by atoms with van der Waals surface area (Å²) < 4.78 is 0. The van der Waals surface area contributed by atoms with E-state index in [9.17, 15) is 10.1 Å². The molecule has 1 aromatic rings. The van der Waals surface area contributed by atoms with Crippen LogP contribution in [0.4, 0.5) is 11.5 Å². The quantitative estimate of drug-likeness (QED) is 0.481. The molecule has 0 N–H and O–H groups in total. The average Bonchev–Trinajstić information content (AvgIpc) is 2.24. The minimum absolute atomic E-state index is 0.0416. The molecule has 18 heavy (non-hydrogen) atoms. The van der Waals surface area contributed by atoms with Crippen molar-refractivity contribution in [2.24, 2.45) is 5.41 Å². The predicted molar refractivity (Wildman–Crippen MR) is 71.0 cm³/mol. The third-order valence-corrected chi connectivity index (χ3v) is 3.39. The highest BCUT2D eigenvalue weighted by Gasteiger charge is 2.31. The topological polar surface area (TPSA) is 72.2 Å². The molecule has 0 aliphatic heterocycles. The van der Waals surface area contributed by atoms with Crippen molar-refractivity contribution < 1.29 is 4.92 Å². The van der Waals surface area contributed by atoms with E-state index >= 15 is 0 Å². The summed E-state index contributed by atoms with van der Waals surface area (Å²) in [6.07, 6.45) is 1.23. The van der Waals surface area contributed by atoms with Crippen molar-refractivity contribution in [2.75, 3.05) is 11.9 Å². The second kappa shape index (κ2) is 5.06. The van der Waals surface area contributed by atoms with Gasteiger partial charge in [0.2, 0.25) is 11.0 Å². The van der Waals surface area contributed by atoms with E-state index in [-0.39, 0.29) is 28.1 Å². The average molecular weight is 273 g/mol. The van der Waals surface area contributed by atoms with Crippen molar-refractivity contribution in [1.82, 2.24) is 9.97 Å². The summed E-state index contributed by atoms with van der Waals surface area (Å²) in [6, 6.07) is 0.0576. The van der Waals surface area contributed by atoms with Crippen molar-refractivity contribution in [1.29, 1.82) is 0 Å². The fourth-order valence-corrected chi connectivity index (χ4v) is 1.73. The molecule has 0 saturated carbocycles. The van der Waals surface area contributed by atoms with Crippen molar-refractivity contribution in [3.8, 4) is 0 Å². The minimum Gasteiger partial charge on any atom is -0.351 e. The molecule has 1 heterocycles. The first-order valence-corrected chi connectivity index (χ1v) is 5.91. The number of hydrogen-bond donors (Lipinski definition) is 0. The Morgan fingerprint density at radius 3 is 2.44 bits per heavy atom. The normalized spacial score (nSPS) is 13.2. The molecular formula is C11H17ClN4O2. The monoisotopic (exact) mass is 272 g/mol. The van der Waals surface area contributed by atoms with E-state index in [0.29, 0.717) is 0 Å². The Morgan fingerprint density at radius 1 is 1.44 bits per heavy atom. The molecule has 0 saturated heterocycles. The Labute approximate surface area is 111 Å². The van der Waals surface area contributed by atoms with Gasteiger partial charge in [0, 0.05) is 13.1 Å². The summed E-state index contributed by atoms with van der Waals surface area (Å²) in [5.41, 5.74) is -0.294. The van der Waals surface area contributed by atoms with Crippen LogP contribution in [0, 0.1) is 15.5 Å². The third kappa shape index (κ3) is 2.87. The highest BCUT2D eigenvalue weighted by atomic mass is 35.5. The molecule has 0 aromatic carbocycles. The zero-order chi connectivity index (χ0) is 14.1. The smallest absolute Gasteiger partial charge is 0.348 e. The molecule has 0 amide bonds. The molecule has 1 rings (SSSR count). The van der Waals surface area contributed by atoms with Crippen LogP contribution in [-0.4, -0.2) is 28.0 Å². The standard InChI is InChI=1S/C11H17ClN4O2/c1-7(11(2,3)4)15(5)10-8(16(17)18)9(12)13-6-14-10/h6-7H,1-5H3. The van der Waals surface area contributed by atoms with Gasteiger partial charge in [-0.25, -0.2) is 9.97 Å². The molecule has 7 heteroatoms. The second-order valence-corrected chi connectivity index (χ2v) is 5.60. The first-order chi connectivity index (χ1) is 8.16. The van der Waals surface area contributed by atoms with Crippen LogP contribution in [0.1, 0.15) is 27.7 Å². The lowest BCUT2D eigenvalue weighted by Crippen LogP contribution is -2.40. The SMILES string of the molecule is CC(N(C)c1ncnc(Cl)c1[N+](=O)[O-])C(C)(C)C. The highest BCUT2D eigenvalue weighted by Crippen LogP contribution is 2.34. The molecule has 1 aromatic heterocycles. The van der Waals surface area contributed by atoms with Gasteiger partial charge >= 0.3 is 5.69 Å². The van der Waals surface area contributed by atoms with E-state index in [1.54, 1.807) is 11.9 Å². The van der Waals surface area contributed by atoms with Crippen molar-refractivity contribution in [3.05, 3.63) is 21.6 Å². The van der Waals surface area contributed by atoms with Gasteiger partial charge < -0.3 is 4.90 Å². The zero-order valence-corrected chi connectivity index (χ0v) is 11.9. The van der Waals surface area contributed by atoms with Crippen LogP contribution in [0.5, 0.6) is 0 Å². The van der Waals surface area contributed by atoms with Gasteiger partial charge in [-0.2, -0.15) is 0 Å². The van der Waals surface area contributed by atoms with Crippen LogP contribution in [0.25, 0.3) is 0 Å². The van der Waals surface area contributed by atoms with Gasteiger partial charge in [0.1, 0.15) is 6.33 Å². The summed E-state index contributed by atoms with van der Waals surface area (Å²) in [6.45, 7) is 8.16. The van der Waals surface area contributed by atoms with Crippen molar-refractivity contribution in [3.63, 3.8) is 0 Å². The molecule has 0 radical (unpaired) electrons.